The van der Waals surface area contributed by atoms with Gasteiger partial charge in [0.15, 0.2) is 5.69 Å². The van der Waals surface area contributed by atoms with Gasteiger partial charge in [0.1, 0.15) is 5.82 Å². The van der Waals surface area contributed by atoms with Gasteiger partial charge in [-0.15, -0.1) is 0 Å². The third kappa shape index (κ3) is 4.73. The van der Waals surface area contributed by atoms with Crippen LogP contribution in [0.2, 0.25) is 0 Å². The molecular formula is C22H22N4O4S. The molecule has 2 aromatic carbocycles. The Hall–Kier alpha value is -3.30. The van der Waals surface area contributed by atoms with Crippen LogP contribution in [0.5, 0.6) is 0 Å². The fourth-order valence-corrected chi connectivity index (χ4v) is 5.01. The van der Waals surface area contributed by atoms with Crippen LogP contribution in [0, 0.1) is 10.1 Å². The summed E-state index contributed by atoms with van der Waals surface area (Å²) in [6.45, 7) is 1.20. The van der Waals surface area contributed by atoms with Crippen LogP contribution in [0.25, 0.3) is 11.3 Å². The van der Waals surface area contributed by atoms with E-state index >= 15 is 0 Å². The van der Waals surface area contributed by atoms with Gasteiger partial charge < -0.3 is 4.90 Å². The van der Waals surface area contributed by atoms with Crippen molar-refractivity contribution in [3.63, 3.8) is 0 Å². The molecule has 0 atom stereocenters. The van der Waals surface area contributed by atoms with Crippen molar-refractivity contribution in [3.8, 4) is 11.3 Å². The average molecular weight is 439 g/mol. The van der Waals surface area contributed by atoms with Crippen LogP contribution in [-0.2, 0) is 10.0 Å². The lowest BCUT2D eigenvalue weighted by atomic mass is 10.1. The van der Waals surface area contributed by atoms with E-state index in [1.165, 1.54) is 6.07 Å². The quantitative estimate of drug-likeness (QED) is 0.466. The first kappa shape index (κ1) is 21.0. The van der Waals surface area contributed by atoms with Gasteiger partial charge in [-0.3, -0.25) is 10.1 Å². The Kier molecular flexibility index (Phi) is 5.97. The molecule has 1 aliphatic heterocycles. The number of pyridine rings is 1. The fourth-order valence-electron chi connectivity index (χ4n) is 3.69. The van der Waals surface area contributed by atoms with Crippen molar-refractivity contribution in [1.82, 2.24) is 9.71 Å². The SMILES string of the molecule is O=[N+]([O-])c1ccc(N2CCC(NS(=O)(=O)c3ccccc3)CC2)nc1-c1ccccc1. The van der Waals surface area contributed by atoms with E-state index in [1.54, 1.807) is 48.5 Å². The van der Waals surface area contributed by atoms with E-state index in [4.69, 9.17) is 0 Å². The first-order chi connectivity index (χ1) is 14.9. The molecule has 0 aliphatic carbocycles. The molecule has 0 unspecified atom stereocenters. The first-order valence-electron chi connectivity index (χ1n) is 9.97. The Balaban J connectivity index is 1.48. The molecule has 0 bridgehead atoms. The van der Waals surface area contributed by atoms with Gasteiger partial charge in [-0.2, -0.15) is 0 Å². The number of anilines is 1. The summed E-state index contributed by atoms with van der Waals surface area (Å²) in [6.07, 6.45) is 1.23. The lowest BCUT2D eigenvalue weighted by Gasteiger charge is -2.33. The molecule has 3 aromatic rings. The second kappa shape index (κ2) is 8.83. The number of hydrogen-bond acceptors (Lipinski definition) is 6. The summed E-state index contributed by atoms with van der Waals surface area (Å²) in [5.41, 5.74) is 0.969. The summed E-state index contributed by atoms with van der Waals surface area (Å²) in [6, 6.07) is 20.3. The average Bonchev–Trinajstić information content (AvgIpc) is 2.80. The van der Waals surface area contributed by atoms with Crippen LogP contribution >= 0.6 is 0 Å². The van der Waals surface area contributed by atoms with E-state index in [1.807, 2.05) is 23.1 Å². The van der Waals surface area contributed by atoms with Crippen molar-refractivity contribution in [2.75, 3.05) is 18.0 Å². The van der Waals surface area contributed by atoms with Gasteiger partial charge in [0.2, 0.25) is 10.0 Å². The summed E-state index contributed by atoms with van der Waals surface area (Å²) < 4.78 is 27.9. The van der Waals surface area contributed by atoms with Crippen molar-refractivity contribution >= 4 is 21.5 Å². The Morgan fingerprint density at radius 3 is 2.16 bits per heavy atom. The summed E-state index contributed by atoms with van der Waals surface area (Å²) in [5.74, 6) is 0.647. The summed E-state index contributed by atoms with van der Waals surface area (Å²) in [5, 5.41) is 11.5. The molecule has 9 heteroatoms. The number of nitro groups is 1. The van der Waals surface area contributed by atoms with Crippen LogP contribution in [0.3, 0.4) is 0 Å². The van der Waals surface area contributed by atoms with Crippen molar-refractivity contribution in [1.29, 1.82) is 0 Å². The third-order valence-electron chi connectivity index (χ3n) is 5.30. The predicted octanol–water partition coefficient (Wildman–Crippen LogP) is 3.60. The van der Waals surface area contributed by atoms with E-state index < -0.39 is 14.9 Å². The molecule has 1 fully saturated rings. The van der Waals surface area contributed by atoms with Crippen molar-refractivity contribution in [2.24, 2.45) is 0 Å². The highest BCUT2D eigenvalue weighted by molar-refractivity contribution is 7.89. The van der Waals surface area contributed by atoms with E-state index in [9.17, 15) is 18.5 Å². The predicted molar refractivity (Wildman–Crippen MR) is 118 cm³/mol. The molecule has 2 heterocycles. The van der Waals surface area contributed by atoms with Gasteiger partial charge in [0.25, 0.3) is 5.69 Å². The normalized spacial score (nSPS) is 15.0. The minimum atomic E-state index is -3.56. The molecule has 1 saturated heterocycles. The maximum absolute atomic E-state index is 12.6. The molecule has 0 amide bonds. The lowest BCUT2D eigenvalue weighted by molar-refractivity contribution is -0.384. The zero-order valence-corrected chi connectivity index (χ0v) is 17.5. The Morgan fingerprint density at radius 1 is 0.935 bits per heavy atom. The Morgan fingerprint density at radius 2 is 1.55 bits per heavy atom. The standard InChI is InChI=1S/C22H22N4O4S/c27-26(28)20-11-12-21(23-22(20)17-7-3-1-4-8-17)25-15-13-18(14-16-25)24-31(29,30)19-9-5-2-6-10-19/h1-12,18,24H,13-16H2. The number of piperidine rings is 1. The van der Waals surface area contributed by atoms with E-state index in [-0.39, 0.29) is 16.6 Å². The van der Waals surface area contributed by atoms with Gasteiger partial charge in [0, 0.05) is 30.8 Å². The molecule has 4 rings (SSSR count). The third-order valence-corrected chi connectivity index (χ3v) is 6.83. The van der Waals surface area contributed by atoms with Gasteiger partial charge in [-0.1, -0.05) is 48.5 Å². The molecule has 1 N–H and O–H groups in total. The van der Waals surface area contributed by atoms with Crippen LogP contribution < -0.4 is 9.62 Å². The molecule has 1 aliphatic rings. The van der Waals surface area contributed by atoms with Gasteiger partial charge in [-0.05, 0) is 31.0 Å². The highest BCUT2D eigenvalue weighted by atomic mass is 32.2. The summed E-state index contributed by atoms with van der Waals surface area (Å²) in [7, 11) is -3.56. The number of nitrogens with one attached hydrogen (secondary N) is 1. The van der Waals surface area contributed by atoms with Crippen molar-refractivity contribution in [2.45, 2.75) is 23.8 Å². The number of nitrogens with zero attached hydrogens (tertiary/aromatic N) is 3. The molecule has 8 nitrogen and oxygen atoms in total. The summed E-state index contributed by atoms with van der Waals surface area (Å²) >= 11 is 0. The molecule has 160 valence electrons. The number of benzene rings is 2. The topological polar surface area (TPSA) is 105 Å². The molecule has 0 spiro atoms. The van der Waals surface area contributed by atoms with Gasteiger partial charge in [0.05, 0.1) is 9.82 Å². The number of rotatable bonds is 6. The smallest absolute Gasteiger partial charge is 0.295 e. The van der Waals surface area contributed by atoms with E-state index in [2.05, 4.69) is 9.71 Å². The molecule has 31 heavy (non-hydrogen) atoms. The largest absolute Gasteiger partial charge is 0.356 e. The maximum atomic E-state index is 12.6. The van der Waals surface area contributed by atoms with Crippen LogP contribution in [0.1, 0.15) is 12.8 Å². The second-order valence-electron chi connectivity index (χ2n) is 7.36. The lowest BCUT2D eigenvalue weighted by Crippen LogP contribution is -2.44. The molecule has 1 aromatic heterocycles. The van der Waals surface area contributed by atoms with E-state index in [0.29, 0.717) is 43.0 Å². The first-order valence-corrected chi connectivity index (χ1v) is 11.5. The fraction of sp³-hybridized carbons (Fsp3) is 0.227. The zero-order valence-electron chi connectivity index (χ0n) is 16.7. The van der Waals surface area contributed by atoms with Crippen molar-refractivity contribution in [3.05, 3.63) is 82.9 Å². The minimum Gasteiger partial charge on any atom is -0.356 e. The zero-order chi connectivity index (χ0) is 21.8. The van der Waals surface area contributed by atoms with Crippen molar-refractivity contribution < 1.29 is 13.3 Å². The maximum Gasteiger partial charge on any atom is 0.295 e. The number of sulfonamides is 1. The van der Waals surface area contributed by atoms with Gasteiger partial charge >= 0.3 is 0 Å². The van der Waals surface area contributed by atoms with Crippen LogP contribution in [-0.4, -0.2) is 37.5 Å². The molecular weight excluding hydrogens is 416 g/mol. The van der Waals surface area contributed by atoms with Crippen LogP contribution in [0.4, 0.5) is 11.5 Å². The second-order valence-corrected chi connectivity index (χ2v) is 9.07. The Bertz CT molecular complexity index is 1160. The number of aromatic nitrogens is 1. The molecule has 0 saturated carbocycles. The minimum absolute atomic E-state index is 0.0412. The van der Waals surface area contributed by atoms with Gasteiger partial charge in [-0.25, -0.2) is 18.1 Å². The number of hydrogen-bond donors (Lipinski definition) is 1. The monoisotopic (exact) mass is 438 g/mol. The highest BCUT2D eigenvalue weighted by Gasteiger charge is 2.26. The molecule has 0 radical (unpaired) electrons. The van der Waals surface area contributed by atoms with Crippen LogP contribution in [0.15, 0.2) is 77.7 Å². The Labute approximate surface area is 180 Å². The van der Waals surface area contributed by atoms with E-state index in [0.717, 1.165) is 0 Å². The highest BCUT2D eigenvalue weighted by Crippen LogP contribution is 2.31. The summed E-state index contributed by atoms with van der Waals surface area (Å²) in [4.78, 5) is 17.9.